The van der Waals surface area contributed by atoms with E-state index in [9.17, 15) is 15.0 Å². The number of aromatic amines is 1. The van der Waals surface area contributed by atoms with Crippen molar-refractivity contribution in [2.75, 3.05) is 12.3 Å². The number of anilines is 1. The number of aliphatic hydroxyl groups is 2. The summed E-state index contributed by atoms with van der Waals surface area (Å²) in [5.41, 5.74) is 13.4. The van der Waals surface area contributed by atoms with Crippen molar-refractivity contribution >= 4 is 35.2 Å². The lowest BCUT2D eigenvalue weighted by atomic mass is 10.0. The number of nitrogens with one attached hydrogen (secondary N) is 2. The fourth-order valence-electron chi connectivity index (χ4n) is 3.25. The molecule has 2 unspecified atom stereocenters. The summed E-state index contributed by atoms with van der Waals surface area (Å²) in [6.45, 7) is 3.72. The molecule has 2 aromatic heterocycles. The zero-order valence-corrected chi connectivity index (χ0v) is 16.5. The van der Waals surface area contributed by atoms with E-state index in [4.69, 9.17) is 16.2 Å². The maximum absolute atomic E-state index is 12.1. The van der Waals surface area contributed by atoms with Crippen LogP contribution in [0.1, 0.15) is 31.9 Å². The van der Waals surface area contributed by atoms with Gasteiger partial charge in [-0.05, 0) is 5.92 Å². The average Bonchev–Trinajstić information content (AvgIpc) is 3.21. The molecule has 156 valence electrons. The first-order chi connectivity index (χ1) is 12.8. The largest absolute Gasteiger partial charge is 0.463 e. The Morgan fingerprint density at radius 3 is 2.75 bits per heavy atom. The van der Waals surface area contributed by atoms with Crippen molar-refractivity contribution in [2.24, 2.45) is 11.7 Å². The van der Waals surface area contributed by atoms with Crippen LogP contribution in [0.15, 0.2) is 12.5 Å². The average molecular weight is 415 g/mol. The number of H-pyrrole nitrogens is 1. The SMILES string of the molecule is CCC(C)C(N)C(=O)OC[C@H]1N[C@@H](c2c[nH]c3c(N)ncnc23)[C@H](O)[C@@H]1O.Cl. The van der Waals surface area contributed by atoms with Gasteiger partial charge in [-0.2, -0.15) is 0 Å². The summed E-state index contributed by atoms with van der Waals surface area (Å²) in [5.74, 6) is -0.235. The number of carbonyl (C=O) groups excluding carboxylic acids is 1. The number of ether oxygens (including phenoxy) is 1. The Labute approximate surface area is 168 Å². The van der Waals surface area contributed by atoms with Crippen LogP contribution in [0.25, 0.3) is 11.0 Å². The zero-order chi connectivity index (χ0) is 19.7. The number of nitrogens with zero attached hydrogens (tertiary/aromatic N) is 2. The van der Waals surface area contributed by atoms with Crippen LogP contribution in [0, 0.1) is 5.92 Å². The molecule has 0 aromatic carbocycles. The van der Waals surface area contributed by atoms with Gasteiger partial charge in [0.05, 0.1) is 17.6 Å². The minimum atomic E-state index is -1.12. The number of halogens is 1. The van der Waals surface area contributed by atoms with E-state index < -0.39 is 36.3 Å². The molecular formula is C17H27ClN6O4. The topological polar surface area (TPSA) is 172 Å². The maximum Gasteiger partial charge on any atom is 0.323 e. The summed E-state index contributed by atoms with van der Waals surface area (Å²) in [6, 6.07) is -1.96. The summed E-state index contributed by atoms with van der Waals surface area (Å²) in [6.07, 6.45) is 1.53. The minimum absolute atomic E-state index is 0. The Balaban J connectivity index is 0.00000280. The highest BCUT2D eigenvalue weighted by molar-refractivity contribution is 5.87. The quantitative estimate of drug-likeness (QED) is 0.344. The third-order valence-electron chi connectivity index (χ3n) is 5.29. The molecule has 1 aliphatic heterocycles. The van der Waals surface area contributed by atoms with E-state index in [1.165, 1.54) is 6.33 Å². The number of rotatable bonds is 6. The molecule has 0 bridgehead atoms. The van der Waals surface area contributed by atoms with Crippen LogP contribution in [0.4, 0.5) is 5.82 Å². The maximum atomic E-state index is 12.1. The Hall–Kier alpha value is -1.98. The van der Waals surface area contributed by atoms with Gasteiger partial charge in [-0.15, -0.1) is 12.4 Å². The first kappa shape index (κ1) is 22.3. The van der Waals surface area contributed by atoms with Gasteiger partial charge in [0.1, 0.15) is 36.7 Å². The molecule has 3 heterocycles. The highest BCUT2D eigenvalue weighted by atomic mass is 35.5. The van der Waals surface area contributed by atoms with Gasteiger partial charge in [0.15, 0.2) is 5.82 Å². The number of aromatic nitrogens is 3. The molecule has 1 aliphatic rings. The van der Waals surface area contributed by atoms with Crippen molar-refractivity contribution in [3.63, 3.8) is 0 Å². The molecule has 10 nitrogen and oxygen atoms in total. The Morgan fingerprint density at radius 2 is 2.07 bits per heavy atom. The highest BCUT2D eigenvalue weighted by Crippen LogP contribution is 2.32. The molecule has 0 amide bonds. The molecule has 28 heavy (non-hydrogen) atoms. The molecule has 6 atom stereocenters. The Bertz CT molecular complexity index is 818. The van der Waals surface area contributed by atoms with E-state index >= 15 is 0 Å². The van der Waals surface area contributed by atoms with Gasteiger partial charge in [-0.1, -0.05) is 20.3 Å². The van der Waals surface area contributed by atoms with Crippen LogP contribution >= 0.6 is 12.4 Å². The fourth-order valence-corrected chi connectivity index (χ4v) is 3.25. The number of hydrogen-bond acceptors (Lipinski definition) is 9. The molecule has 11 heteroatoms. The normalized spacial score (nSPS) is 26.6. The highest BCUT2D eigenvalue weighted by Gasteiger charge is 2.43. The molecule has 3 rings (SSSR count). The summed E-state index contributed by atoms with van der Waals surface area (Å²) in [7, 11) is 0. The fraction of sp³-hybridized carbons (Fsp3) is 0.588. The Morgan fingerprint density at radius 1 is 1.36 bits per heavy atom. The van der Waals surface area contributed by atoms with Crippen LogP contribution in [0.5, 0.6) is 0 Å². The lowest BCUT2D eigenvalue weighted by Gasteiger charge is -2.20. The number of aliphatic hydroxyl groups excluding tert-OH is 2. The lowest BCUT2D eigenvalue weighted by molar-refractivity contribution is -0.148. The van der Waals surface area contributed by atoms with Crippen molar-refractivity contribution in [3.05, 3.63) is 18.1 Å². The van der Waals surface area contributed by atoms with Crippen molar-refractivity contribution in [1.82, 2.24) is 20.3 Å². The smallest absolute Gasteiger partial charge is 0.323 e. The third kappa shape index (κ3) is 4.06. The van der Waals surface area contributed by atoms with E-state index in [0.717, 1.165) is 6.42 Å². The molecule has 2 aromatic rings. The minimum Gasteiger partial charge on any atom is -0.463 e. The van der Waals surface area contributed by atoms with Crippen molar-refractivity contribution in [1.29, 1.82) is 0 Å². The van der Waals surface area contributed by atoms with Gasteiger partial charge < -0.3 is 31.4 Å². The van der Waals surface area contributed by atoms with E-state index in [2.05, 4.69) is 20.3 Å². The lowest BCUT2D eigenvalue weighted by Crippen LogP contribution is -2.42. The summed E-state index contributed by atoms with van der Waals surface area (Å²) < 4.78 is 5.25. The zero-order valence-electron chi connectivity index (χ0n) is 15.7. The molecule has 0 aliphatic carbocycles. The van der Waals surface area contributed by atoms with Crippen LogP contribution in [-0.4, -0.2) is 62.0 Å². The molecule has 0 saturated carbocycles. The van der Waals surface area contributed by atoms with E-state index in [0.29, 0.717) is 22.4 Å². The standard InChI is InChI=1S/C17H26N6O4.ClH/c1-3-7(2)10(18)17(26)27-5-9-14(24)15(25)12(23-9)8-4-20-13-11(8)21-6-22-16(13)19;/h4,6-7,9-10,12,14-15,20,23-25H,3,5,18H2,1-2H3,(H2,19,21,22);1H/t7?,9-,10?,12+,14-,15+;/m1./s1. The number of esters is 1. The number of nitrogens with two attached hydrogens (primary N) is 2. The van der Waals surface area contributed by atoms with Gasteiger partial charge in [0.25, 0.3) is 0 Å². The predicted octanol–water partition coefficient (Wildman–Crippen LogP) is -0.387. The predicted molar refractivity (Wildman–Crippen MR) is 106 cm³/mol. The molecule has 1 fully saturated rings. The van der Waals surface area contributed by atoms with Crippen LogP contribution in [0.2, 0.25) is 0 Å². The molecule has 0 spiro atoms. The molecule has 1 saturated heterocycles. The van der Waals surface area contributed by atoms with Gasteiger partial charge >= 0.3 is 5.97 Å². The van der Waals surface area contributed by atoms with Gasteiger partial charge in [0.2, 0.25) is 0 Å². The second-order valence-electron chi connectivity index (χ2n) is 7.00. The molecule has 0 radical (unpaired) electrons. The summed E-state index contributed by atoms with van der Waals surface area (Å²) in [4.78, 5) is 23.2. The van der Waals surface area contributed by atoms with E-state index in [1.807, 2.05) is 13.8 Å². The number of hydrogen-bond donors (Lipinski definition) is 6. The second kappa shape index (κ2) is 9.01. The van der Waals surface area contributed by atoms with Gasteiger partial charge in [0, 0.05) is 11.8 Å². The summed E-state index contributed by atoms with van der Waals surface area (Å²) >= 11 is 0. The van der Waals surface area contributed by atoms with Crippen LogP contribution < -0.4 is 16.8 Å². The van der Waals surface area contributed by atoms with Gasteiger partial charge in [-0.25, -0.2) is 9.97 Å². The molecular weight excluding hydrogens is 388 g/mol. The van der Waals surface area contributed by atoms with Crippen molar-refractivity contribution in [3.8, 4) is 0 Å². The van der Waals surface area contributed by atoms with Gasteiger partial charge in [-0.3, -0.25) is 10.1 Å². The first-order valence-corrected chi connectivity index (χ1v) is 8.97. The first-order valence-electron chi connectivity index (χ1n) is 8.97. The summed E-state index contributed by atoms with van der Waals surface area (Å²) in [5, 5.41) is 23.9. The van der Waals surface area contributed by atoms with Crippen LogP contribution in [-0.2, 0) is 9.53 Å². The van der Waals surface area contributed by atoms with E-state index in [-0.39, 0.29) is 24.9 Å². The number of fused-ring (bicyclic) bond motifs is 1. The van der Waals surface area contributed by atoms with Crippen molar-refractivity contribution in [2.45, 2.75) is 50.6 Å². The van der Waals surface area contributed by atoms with Crippen molar-refractivity contribution < 1.29 is 19.7 Å². The van der Waals surface area contributed by atoms with E-state index in [1.54, 1.807) is 6.20 Å². The Kier molecular flexibility index (Phi) is 7.18. The van der Waals surface area contributed by atoms with Crippen LogP contribution in [0.3, 0.4) is 0 Å². The third-order valence-corrected chi connectivity index (χ3v) is 5.29. The number of nitrogen functional groups attached to an aromatic ring is 1. The monoisotopic (exact) mass is 414 g/mol. The second-order valence-corrected chi connectivity index (χ2v) is 7.00. The number of carbonyl (C=O) groups is 1. The molecule has 8 N–H and O–H groups in total.